The monoisotopic (exact) mass is 637 g/mol. The molecular weight excluding hydrogens is 602 g/mol. The zero-order chi connectivity index (χ0) is 32.3. The topological polar surface area (TPSA) is 129 Å². The first-order chi connectivity index (χ1) is 22.0. The molecule has 236 valence electrons. The van der Waals surface area contributed by atoms with Crippen LogP contribution in [0.5, 0.6) is 0 Å². The number of aromatic nitrogens is 5. The minimum atomic E-state index is -0.605. The quantitative estimate of drug-likeness (QED) is 0.277. The summed E-state index contributed by atoms with van der Waals surface area (Å²) in [6.45, 7) is 11.8. The number of rotatable bonds is 5. The van der Waals surface area contributed by atoms with Gasteiger partial charge in [0, 0.05) is 74.2 Å². The van der Waals surface area contributed by atoms with Gasteiger partial charge in [-0.1, -0.05) is 50.6 Å². The fraction of sp³-hybridized carbons (Fsp3) is 0.324. The maximum atomic E-state index is 12.8. The van der Waals surface area contributed by atoms with Crippen LogP contribution >= 0.6 is 11.6 Å². The zero-order valence-corrected chi connectivity index (χ0v) is 27.1. The van der Waals surface area contributed by atoms with Gasteiger partial charge >= 0.3 is 0 Å². The molecule has 7 rings (SSSR count). The number of H-pyrrole nitrogens is 1. The second kappa shape index (κ2) is 11.2. The van der Waals surface area contributed by atoms with Crippen molar-refractivity contribution in [2.45, 2.75) is 46.2 Å². The van der Waals surface area contributed by atoms with Crippen molar-refractivity contribution in [1.29, 1.82) is 0 Å². The Morgan fingerprint density at radius 2 is 1.72 bits per heavy atom. The van der Waals surface area contributed by atoms with Crippen LogP contribution in [0.1, 0.15) is 54.9 Å². The molecule has 11 nitrogen and oxygen atoms in total. The van der Waals surface area contributed by atoms with E-state index in [-0.39, 0.29) is 11.6 Å². The molecule has 5 heterocycles. The molecular formula is C34H36ClN9O2. The number of nitrogens with zero attached hydrogens (tertiary/aromatic N) is 7. The summed E-state index contributed by atoms with van der Waals surface area (Å²) in [6.07, 6.45) is 3.58. The Morgan fingerprint density at radius 3 is 2.39 bits per heavy atom. The standard InChI is InChI=1S/C34H36ClN9O2/c1-20(45)41-10-12-42(13-11-41)26-7-5-6-21(15-26)27-30(24-16-37-38-17-24)44-33(28(34(2,3)4)29(40-44)31(36)46)39-32(27)43-18-22-8-9-25(35)14-23(22)19-43/h5-9,14-17H,10-13,18-19H2,1-4H3,(H2,36,46)(H,37,38). The number of anilines is 2. The number of nitrogens with one attached hydrogen (secondary N) is 1. The van der Waals surface area contributed by atoms with E-state index in [9.17, 15) is 9.59 Å². The van der Waals surface area contributed by atoms with Gasteiger partial charge in [0.25, 0.3) is 5.91 Å². The van der Waals surface area contributed by atoms with Gasteiger partial charge in [-0.15, -0.1) is 0 Å². The van der Waals surface area contributed by atoms with Gasteiger partial charge in [-0.05, 0) is 46.4 Å². The molecule has 1 fully saturated rings. The molecule has 2 aromatic carbocycles. The van der Waals surface area contributed by atoms with Crippen LogP contribution in [0.3, 0.4) is 0 Å². The Morgan fingerprint density at radius 1 is 0.957 bits per heavy atom. The van der Waals surface area contributed by atoms with Crippen LogP contribution in [0, 0.1) is 0 Å². The average molecular weight is 638 g/mol. The van der Waals surface area contributed by atoms with Crippen molar-refractivity contribution in [3.63, 3.8) is 0 Å². The van der Waals surface area contributed by atoms with E-state index in [4.69, 9.17) is 27.4 Å². The third-order valence-electron chi connectivity index (χ3n) is 8.92. The number of piperazine rings is 1. The van der Waals surface area contributed by atoms with E-state index in [1.807, 2.05) is 50.1 Å². The van der Waals surface area contributed by atoms with Crippen molar-refractivity contribution in [2.75, 3.05) is 36.0 Å². The fourth-order valence-electron chi connectivity index (χ4n) is 6.69. The van der Waals surface area contributed by atoms with E-state index in [1.165, 1.54) is 5.56 Å². The Bertz CT molecular complexity index is 1990. The van der Waals surface area contributed by atoms with Gasteiger partial charge in [0.1, 0.15) is 5.82 Å². The summed E-state index contributed by atoms with van der Waals surface area (Å²) in [6, 6.07) is 14.4. The maximum Gasteiger partial charge on any atom is 0.269 e. The minimum Gasteiger partial charge on any atom is -0.368 e. The Balaban J connectivity index is 1.49. The Kier molecular flexibility index (Phi) is 7.23. The number of aromatic amines is 1. The van der Waals surface area contributed by atoms with Crippen LogP contribution in [-0.2, 0) is 23.3 Å². The van der Waals surface area contributed by atoms with Gasteiger partial charge in [-0.2, -0.15) is 10.2 Å². The highest BCUT2D eigenvalue weighted by Gasteiger charge is 2.34. The molecule has 2 aliphatic rings. The number of hydrogen-bond acceptors (Lipinski definition) is 7. The van der Waals surface area contributed by atoms with Crippen LogP contribution < -0.4 is 15.5 Å². The second-order valence-corrected chi connectivity index (χ2v) is 13.5. The highest BCUT2D eigenvalue weighted by molar-refractivity contribution is 6.30. The van der Waals surface area contributed by atoms with Crippen molar-refractivity contribution < 1.29 is 9.59 Å². The third-order valence-corrected chi connectivity index (χ3v) is 9.15. The molecule has 3 N–H and O–H groups in total. The van der Waals surface area contributed by atoms with Crippen LogP contribution in [-0.4, -0.2) is 67.7 Å². The van der Waals surface area contributed by atoms with E-state index < -0.39 is 11.3 Å². The van der Waals surface area contributed by atoms with Crippen molar-refractivity contribution in [3.8, 4) is 22.4 Å². The fourth-order valence-corrected chi connectivity index (χ4v) is 6.89. The second-order valence-electron chi connectivity index (χ2n) is 13.0. The van der Waals surface area contributed by atoms with Crippen LogP contribution in [0.2, 0.25) is 5.02 Å². The lowest BCUT2D eigenvalue weighted by Crippen LogP contribution is -2.48. The third kappa shape index (κ3) is 5.14. The number of nitrogens with two attached hydrogens (primary N) is 1. The molecule has 5 aromatic rings. The smallest absolute Gasteiger partial charge is 0.269 e. The van der Waals surface area contributed by atoms with Crippen LogP contribution in [0.25, 0.3) is 28.0 Å². The molecule has 0 spiro atoms. The lowest BCUT2D eigenvalue weighted by Gasteiger charge is -2.36. The van der Waals surface area contributed by atoms with E-state index in [1.54, 1.807) is 17.6 Å². The van der Waals surface area contributed by atoms with Crippen molar-refractivity contribution in [2.24, 2.45) is 5.73 Å². The SMILES string of the molecule is CC(=O)N1CCN(c2cccc(-c3c(N4Cc5ccc(Cl)cc5C4)nc4c(C(C)(C)C)c(C(N)=O)nn4c3-c3cn[nH]c3)c2)CC1. The van der Waals surface area contributed by atoms with Crippen LogP contribution in [0.4, 0.5) is 11.5 Å². The summed E-state index contributed by atoms with van der Waals surface area (Å²) in [7, 11) is 0. The molecule has 0 atom stereocenters. The molecule has 0 radical (unpaired) electrons. The Hall–Kier alpha value is -4.90. The van der Waals surface area contributed by atoms with Gasteiger partial charge in [0.15, 0.2) is 11.3 Å². The predicted molar refractivity (Wildman–Crippen MR) is 179 cm³/mol. The lowest BCUT2D eigenvalue weighted by molar-refractivity contribution is -0.129. The number of benzene rings is 2. The summed E-state index contributed by atoms with van der Waals surface area (Å²) in [5, 5.41) is 12.8. The number of halogens is 1. The van der Waals surface area contributed by atoms with E-state index in [0.29, 0.717) is 42.4 Å². The van der Waals surface area contributed by atoms with Gasteiger partial charge < -0.3 is 20.4 Å². The van der Waals surface area contributed by atoms with Gasteiger partial charge in [0.2, 0.25) is 5.91 Å². The number of carbonyl (C=O) groups excluding carboxylic acids is 2. The molecule has 0 saturated carbocycles. The number of fused-ring (bicyclic) bond motifs is 2. The molecule has 1 saturated heterocycles. The molecule has 2 amide bonds. The van der Waals surface area contributed by atoms with Crippen molar-refractivity contribution in [3.05, 3.63) is 82.3 Å². The molecule has 0 bridgehead atoms. The van der Waals surface area contributed by atoms with Gasteiger partial charge in [-0.3, -0.25) is 14.7 Å². The first-order valence-electron chi connectivity index (χ1n) is 15.4. The molecule has 46 heavy (non-hydrogen) atoms. The highest BCUT2D eigenvalue weighted by Crippen LogP contribution is 2.44. The summed E-state index contributed by atoms with van der Waals surface area (Å²) in [5.74, 6) is 0.252. The van der Waals surface area contributed by atoms with Gasteiger partial charge in [-0.25, -0.2) is 9.50 Å². The van der Waals surface area contributed by atoms with Crippen molar-refractivity contribution in [1.82, 2.24) is 29.7 Å². The number of primary amides is 1. The lowest BCUT2D eigenvalue weighted by atomic mass is 9.86. The van der Waals surface area contributed by atoms with E-state index in [0.717, 1.165) is 52.5 Å². The number of amides is 2. The molecule has 0 aliphatic carbocycles. The molecule has 3 aromatic heterocycles. The summed E-state index contributed by atoms with van der Waals surface area (Å²) >= 11 is 6.41. The summed E-state index contributed by atoms with van der Waals surface area (Å²) in [5.41, 5.74) is 13.6. The zero-order valence-electron chi connectivity index (χ0n) is 26.3. The van der Waals surface area contributed by atoms with Crippen molar-refractivity contribution >= 4 is 40.6 Å². The van der Waals surface area contributed by atoms with E-state index in [2.05, 4.69) is 44.3 Å². The maximum absolute atomic E-state index is 12.8. The molecule has 0 unspecified atom stereocenters. The predicted octanol–water partition coefficient (Wildman–Crippen LogP) is 5.02. The average Bonchev–Trinajstić information content (AvgIpc) is 3.78. The largest absolute Gasteiger partial charge is 0.368 e. The molecule has 2 aliphatic heterocycles. The van der Waals surface area contributed by atoms with Gasteiger partial charge in [0.05, 0.1) is 17.5 Å². The highest BCUT2D eigenvalue weighted by atomic mass is 35.5. The van der Waals surface area contributed by atoms with E-state index >= 15 is 0 Å². The normalized spacial score (nSPS) is 15.1. The number of carbonyl (C=O) groups is 2. The first-order valence-corrected chi connectivity index (χ1v) is 15.8. The Labute approximate surface area is 272 Å². The van der Waals surface area contributed by atoms with Crippen LogP contribution in [0.15, 0.2) is 54.9 Å². The summed E-state index contributed by atoms with van der Waals surface area (Å²) < 4.78 is 1.75. The summed E-state index contributed by atoms with van der Waals surface area (Å²) in [4.78, 5) is 36.6. The minimum absolute atomic E-state index is 0.0965. The first kappa shape index (κ1) is 29.8. The number of hydrogen-bond donors (Lipinski definition) is 2. The molecule has 12 heteroatoms.